The molecule has 8 aromatic rings. The summed E-state index contributed by atoms with van der Waals surface area (Å²) in [6, 6.07) is 46.3. The molecule has 0 aliphatic rings. The highest BCUT2D eigenvalue weighted by molar-refractivity contribution is 6.36. The maximum atomic E-state index is 6.88. The van der Waals surface area contributed by atoms with Crippen LogP contribution < -0.4 is 11.1 Å². The molecule has 2 heterocycles. The van der Waals surface area contributed by atoms with Gasteiger partial charge in [-0.15, -0.1) is 0 Å². The lowest BCUT2D eigenvalue weighted by Crippen LogP contribution is -2.01. The van der Waals surface area contributed by atoms with Crippen LogP contribution in [0.15, 0.2) is 133 Å². The highest BCUT2D eigenvalue weighted by atomic mass is 35.5. The Labute approximate surface area is 241 Å². The predicted molar refractivity (Wildman–Crippen MR) is 174 cm³/mol. The molecule has 0 atom stereocenters. The minimum absolute atomic E-state index is 0.498. The van der Waals surface area contributed by atoms with Crippen molar-refractivity contribution in [1.29, 1.82) is 0 Å². The largest absolute Gasteiger partial charge is 0.397 e. The summed E-state index contributed by atoms with van der Waals surface area (Å²) in [5, 5.41) is 8.86. The summed E-state index contributed by atoms with van der Waals surface area (Å²) in [5.74, 6) is 0. The Hall–Kier alpha value is -5.19. The Kier molecular flexibility index (Phi) is 5.31. The first kappa shape index (κ1) is 23.7. The van der Waals surface area contributed by atoms with Crippen molar-refractivity contribution in [2.45, 2.75) is 0 Å². The van der Waals surface area contributed by atoms with E-state index in [1.165, 1.54) is 10.8 Å². The van der Waals surface area contributed by atoms with E-state index in [-0.39, 0.29) is 0 Å². The first-order valence-corrected chi connectivity index (χ1v) is 14.0. The molecule has 0 aliphatic heterocycles. The summed E-state index contributed by atoms with van der Waals surface area (Å²) >= 11 is 6.88. The van der Waals surface area contributed by atoms with Gasteiger partial charge >= 0.3 is 0 Å². The van der Waals surface area contributed by atoms with E-state index in [0.717, 1.165) is 55.6 Å². The molecule has 0 amide bonds. The molecular formula is C36H25ClN4. The Morgan fingerprint density at radius 1 is 0.488 bits per heavy atom. The van der Waals surface area contributed by atoms with Crippen molar-refractivity contribution in [3.63, 3.8) is 0 Å². The fourth-order valence-corrected chi connectivity index (χ4v) is 6.33. The van der Waals surface area contributed by atoms with E-state index in [1.807, 2.05) is 12.1 Å². The van der Waals surface area contributed by atoms with Crippen LogP contribution in [0.25, 0.3) is 55.0 Å². The summed E-state index contributed by atoms with van der Waals surface area (Å²) < 4.78 is 4.56. The molecule has 3 N–H and O–H groups in total. The molecular weight excluding hydrogens is 524 g/mol. The fraction of sp³-hybridized carbons (Fsp3) is 0. The zero-order valence-electron chi connectivity index (χ0n) is 22.1. The molecule has 8 rings (SSSR count). The number of hydrogen-bond donors (Lipinski definition) is 2. The third-order valence-electron chi connectivity index (χ3n) is 7.91. The van der Waals surface area contributed by atoms with E-state index < -0.39 is 0 Å². The minimum atomic E-state index is 0.498. The molecule has 2 aromatic heterocycles. The maximum absolute atomic E-state index is 6.88. The van der Waals surface area contributed by atoms with Crippen molar-refractivity contribution in [2.75, 3.05) is 11.1 Å². The second-order valence-electron chi connectivity index (χ2n) is 10.3. The van der Waals surface area contributed by atoms with Gasteiger partial charge in [-0.3, -0.25) is 0 Å². The number of nitrogens with zero attached hydrogens (tertiary/aromatic N) is 2. The molecule has 0 saturated heterocycles. The average molecular weight is 549 g/mol. The van der Waals surface area contributed by atoms with Crippen LogP contribution in [-0.4, -0.2) is 9.13 Å². The van der Waals surface area contributed by atoms with Gasteiger partial charge < -0.3 is 20.2 Å². The maximum Gasteiger partial charge on any atom is 0.0871 e. The highest BCUT2D eigenvalue weighted by Gasteiger charge is 2.18. The normalized spacial score (nSPS) is 11.6. The number of nitrogens with two attached hydrogens (primary N) is 1. The van der Waals surface area contributed by atoms with E-state index >= 15 is 0 Å². The molecule has 5 heteroatoms. The summed E-state index contributed by atoms with van der Waals surface area (Å²) in [4.78, 5) is 0. The molecule has 0 spiro atoms. The molecule has 0 bridgehead atoms. The number of nitrogens with one attached hydrogen (secondary N) is 1. The van der Waals surface area contributed by atoms with Crippen molar-refractivity contribution < 1.29 is 0 Å². The Morgan fingerprint density at radius 3 is 1.71 bits per heavy atom. The van der Waals surface area contributed by atoms with Gasteiger partial charge in [0.15, 0.2) is 0 Å². The van der Waals surface area contributed by atoms with Crippen molar-refractivity contribution in [3.8, 4) is 11.4 Å². The SMILES string of the molecule is Nc1cc(-n2c3ccccc3c3ccccc32)cc(Nc2cccc3c2c2ccccc2n3-c2ccccc2)c1Cl. The number of benzene rings is 6. The molecule has 0 unspecified atom stereocenters. The third kappa shape index (κ3) is 3.62. The zero-order valence-corrected chi connectivity index (χ0v) is 22.8. The van der Waals surface area contributed by atoms with Crippen molar-refractivity contribution >= 4 is 72.3 Å². The second kappa shape index (κ2) is 9.19. The van der Waals surface area contributed by atoms with Gasteiger partial charge in [-0.25, -0.2) is 0 Å². The molecule has 196 valence electrons. The molecule has 0 fully saturated rings. The summed E-state index contributed by atoms with van der Waals surface area (Å²) in [7, 11) is 0. The summed E-state index contributed by atoms with van der Waals surface area (Å²) in [6.07, 6.45) is 0. The van der Waals surface area contributed by atoms with Crippen LogP contribution in [0.5, 0.6) is 0 Å². The predicted octanol–water partition coefficient (Wildman–Crippen LogP) is 9.86. The smallest absolute Gasteiger partial charge is 0.0871 e. The number of aromatic nitrogens is 2. The van der Waals surface area contributed by atoms with Crippen LogP contribution in [0.3, 0.4) is 0 Å². The number of fused-ring (bicyclic) bond motifs is 6. The third-order valence-corrected chi connectivity index (χ3v) is 8.33. The van der Waals surface area contributed by atoms with Crippen LogP contribution in [0, 0.1) is 0 Å². The molecule has 0 radical (unpaired) electrons. The number of nitrogen functional groups attached to an aromatic ring is 1. The average Bonchev–Trinajstić information content (AvgIpc) is 3.53. The first-order chi connectivity index (χ1) is 20.2. The second-order valence-corrected chi connectivity index (χ2v) is 10.7. The first-order valence-electron chi connectivity index (χ1n) is 13.6. The molecule has 6 aromatic carbocycles. The van der Waals surface area contributed by atoms with E-state index in [2.05, 4.69) is 136 Å². The van der Waals surface area contributed by atoms with Gasteiger partial charge in [0.05, 0.1) is 44.2 Å². The van der Waals surface area contributed by atoms with Gasteiger partial charge in [-0.1, -0.05) is 90.5 Å². The summed E-state index contributed by atoms with van der Waals surface area (Å²) in [5.41, 5.74) is 15.4. The van der Waals surface area contributed by atoms with Crippen molar-refractivity contribution in [2.24, 2.45) is 0 Å². The summed E-state index contributed by atoms with van der Waals surface area (Å²) in [6.45, 7) is 0. The Bertz CT molecular complexity index is 2210. The van der Waals surface area contributed by atoms with Gasteiger partial charge in [0.2, 0.25) is 0 Å². The monoisotopic (exact) mass is 548 g/mol. The Morgan fingerprint density at radius 2 is 1.02 bits per heavy atom. The van der Waals surface area contributed by atoms with E-state index in [9.17, 15) is 0 Å². The van der Waals surface area contributed by atoms with Crippen LogP contribution in [0.2, 0.25) is 5.02 Å². The van der Waals surface area contributed by atoms with Crippen LogP contribution in [0.1, 0.15) is 0 Å². The van der Waals surface area contributed by atoms with Gasteiger partial charge in [-0.2, -0.15) is 0 Å². The lowest BCUT2D eigenvalue weighted by Gasteiger charge is -2.16. The molecule has 4 nitrogen and oxygen atoms in total. The minimum Gasteiger partial charge on any atom is -0.397 e. The van der Waals surface area contributed by atoms with Crippen LogP contribution in [-0.2, 0) is 0 Å². The fourth-order valence-electron chi connectivity index (χ4n) is 6.18. The van der Waals surface area contributed by atoms with Crippen molar-refractivity contribution in [1.82, 2.24) is 9.13 Å². The topological polar surface area (TPSA) is 47.9 Å². The molecule has 41 heavy (non-hydrogen) atoms. The Balaban J connectivity index is 1.34. The molecule has 0 aliphatic carbocycles. The van der Waals surface area contributed by atoms with Gasteiger partial charge in [0.1, 0.15) is 0 Å². The van der Waals surface area contributed by atoms with E-state index in [4.69, 9.17) is 17.3 Å². The quantitative estimate of drug-likeness (QED) is 0.215. The van der Waals surface area contributed by atoms with Gasteiger partial charge in [-0.05, 0) is 54.6 Å². The van der Waals surface area contributed by atoms with Crippen LogP contribution >= 0.6 is 11.6 Å². The number of para-hydroxylation sites is 4. The molecule has 0 saturated carbocycles. The number of anilines is 3. The highest BCUT2D eigenvalue weighted by Crippen LogP contribution is 2.41. The van der Waals surface area contributed by atoms with Crippen molar-refractivity contribution in [3.05, 3.63) is 138 Å². The van der Waals surface area contributed by atoms with E-state index in [1.54, 1.807) is 0 Å². The standard InChI is InChI=1S/C36H25ClN4/c37-36-28(38)21-24(41-31-17-7-4-13-25(31)26-14-5-8-18-32(26)41)22-30(36)39-29-16-10-20-34-35(29)27-15-6-9-19-33(27)40(34)23-11-2-1-3-12-23/h1-22,39H,38H2. The number of halogens is 1. The van der Waals surface area contributed by atoms with Gasteiger partial charge in [0, 0.05) is 32.9 Å². The number of hydrogen-bond acceptors (Lipinski definition) is 2. The van der Waals surface area contributed by atoms with Gasteiger partial charge in [0.25, 0.3) is 0 Å². The van der Waals surface area contributed by atoms with Crippen LogP contribution in [0.4, 0.5) is 17.1 Å². The lowest BCUT2D eigenvalue weighted by molar-refractivity contribution is 1.18. The zero-order chi connectivity index (χ0) is 27.5. The lowest BCUT2D eigenvalue weighted by atomic mass is 10.1. The number of rotatable bonds is 4. The van der Waals surface area contributed by atoms with E-state index in [0.29, 0.717) is 10.7 Å².